The second kappa shape index (κ2) is 18.6. The van der Waals surface area contributed by atoms with Gasteiger partial charge in [0.2, 0.25) is 0 Å². The Morgan fingerprint density at radius 1 is 0.746 bits per heavy atom. The molecule has 4 nitrogen and oxygen atoms in total. The molecule has 0 N–H and O–H groups in total. The summed E-state index contributed by atoms with van der Waals surface area (Å²) >= 11 is 0. The topological polar surface area (TPSA) is 54.5 Å². The van der Waals surface area contributed by atoms with Crippen molar-refractivity contribution in [1.29, 1.82) is 5.26 Å². The second-order valence-corrected chi connectivity index (χ2v) is 17.2. The molecule has 7 heteroatoms. The summed E-state index contributed by atoms with van der Waals surface area (Å²) in [6.07, 6.45) is -0.180. The van der Waals surface area contributed by atoms with Crippen LogP contribution in [0.25, 0.3) is 72.0 Å². The first-order valence-corrected chi connectivity index (χ1v) is 20.9. The van der Waals surface area contributed by atoms with Crippen molar-refractivity contribution in [2.45, 2.75) is 66.7 Å². The number of para-hydroxylation sites is 2. The minimum atomic E-state index is -1.57. The van der Waals surface area contributed by atoms with Crippen LogP contribution in [0.15, 0.2) is 140 Å². The Kier molecular flexibility index (Phi) is 12.4. The van der Waals surface area contributed by atoms with Crippen LogP contribution in [0.5, 0.6) is 0 Å². The van der Waals surface area contributed by atoms with Crippen LogP contribution in [-0.4, -0.2) is 14.5 Å². The van der Waals surface area contributed by atoms with Crippen molar-refractivity contribution in [3.63, 3.8) is 0 Å². The van der Waals surface area contributed by atoms with Crippen molar-refractivity contribution in [2.75, 3.05) is 0 Å². The number of hydrogen-bond acceptors (Lipinski definition) is 3. The van der Waals surface area contributed by atoms with Gasteiger partial charge in [0.05, 0.1) is 28.5 Å². The van der Waals surface area contributed by atoms with Crippen LogP contribution in [0.4, 0.5) is 8.78 Å². The number of pyridine rings is 1. The van der Waals surface area contributed by atoms with E-state index in [2.05, 4.69) is 146 Å². The first-order valence-electron chi connectivity index (χ1n) is 21.9. The Labute approximate surface area is 385 Å². The molecule has 0 spiro atoms. The fraction of sp³-hybridized carbons (Fsp3) is 0.196. The van der Waals surface area contributed by atoms with Crippen molar-refractivity contribution in [3.05, 3.63) is 186 Å². The van der Waals surface area contributed by atoms with Gasteiger partial charge in [0, 0.05) is 46.4 Å². The molecule has 0 saturated carbocycles. The SMILES string of the molecule is CC(C)c1cc(-c2ccccc2)cc(C(C)C)c1-n1c(-c2[c-]ccc3c2ccc2cc(C#N)ccc23)nc2ccccc21.[2H]C([2H])(c1ccc(-c2[c-]cc(F)cc2F)nc1)C(C)(C)C.[Ir]. The summed E-state index contributed by atoms with van der Waals surface area (Å²) in [6.45, 7) is 14.5. The molecule has 317 valence electrons. The minimum Gasteiger partial charge on any atom is -0.333 e. The first-order chi connectivity index (χ1) is 30.6. The molecule has 7 aromatic carbocycles. The third-order valence-corrected chi connectivity index (χ3v) is 10.9. The van der Waals surface area contributed by atoms with E-state index in [1.807, 2.05) is 18.2 Å². The Morgan fingerprint density at radius 2 is 1.44 bits per heavy atom. The molecule has 2 heterocycles. The zero-order valence-electron chi connectivity index (χ0n) is 38.3. The minimum absolute atomic E-state index is 0. The molecule has 0 unspecified atom stereocenters. The second-order valence-electron chi connectivity index (χ2n) is 17.2. The van der Waals surface area contributed by atoms with Gasteiger partial charge in [-0.2, -0.15) is 5.26 Å². The van der Waals surface area contributed by atoms with Gasteiger partial charge in [0.1, 0.15) is 0 Å². The molecule has 0 aliphatic rings. The van der Waals surface area contributed by atoms with E-state index in [0.717, 1.165) is 56.1 Å². The summed E-state index contributed by atoms with van der Waals surface area (Å²) in [5, 5.41) is 13.8. The van der Waals surface area contributed by atoms with Gasteiger partial charge in [-0.3, -0.25) is 13.8 Å². The first kappa shape index (κ1) is 42.0. The largest absolute Gasteiger partial charge is 0.333 e. The number of nitriles is 1. The van der Waals surface area contributed by atoms with Gasteiger partial charge < -0.3 is 9.55 Å². The van der Waals surface area contributed by atoms with Gasteiger partial charge in [-0.15, -0.1) is 35.9 Å². The van der Waals surface area contributed by atoms with Crippen molar-refractivity contribution < 1.29 is 31.6 Å². The maximum Gasteiger partial charge on any atom is 0.0991 e. The summed E-state index contributed by atoms with van der Waals surface area (Å²) in [6, 6.07) is 51.4. The monoisotopic (exact) mass is 1010 g/mol. The van der Waals surface area contributed by atoms with E-state index in [0.29, 0.717) is 28.7 Å². The molecular formula is C56H48F2IrN4-2. The van der Waals surface area contributed by atoms with Crippen LogP contribution in [0, 0.1) is 40.5 Å². The quantitative estimate of drug-likeness (QED) is 0.118. The molecule has 0 atom stereocenters. The fourth-order valence-electron chi connectivity index (χ4n) is 8.02. The number of rotatable bonds is 7. The molecule has 0 aliphatic carbocycles. The van der Waals surface area contributed by atoms with Crippen LogP contribution >= 0.6 is 0 Å². The van der Waals surface area contributed by atoms with E-state index in [1.54, 1.807) is 26.8 Å². The van der Waals surface area contributed by atoms with E-state index < -0.39 is 23.4 Å². The zero-order valence-corrected chi connectivity index (χ0v) is 38.7. The van der Waals surface area contributed by atoms with Gasteiger partial charge in [-0.1, -0.05) is 144 Å². The van der Waals surface area contributed by atoms with Gasteiger partial charge in [-0.05, 0) is 104 Å². The zero-order chi connectivity index (χ0) is 45.5. The predicted octanol–water partition coefficient (Wildman–Crippen LogP) is 15.0. The summed E-state index contributed by atoms with van der Waals surface area (Å²) in [7, 11) is 0. The van der Waals surface area contributed by atoms with E-state index in [1.165, 1.54) is 40.2 Å². The number of imidazole rings is 1. The third kappa shape index (κ3) is 9.39. The van der Waals surface area contributed by atoms with Crippen molar-refractivity contribution in [1.82, 2.24) is 14.5 Å². The van der Waals surface area contributed by atoms with Crippen LogP contribution < -0.4 is 0 Å². The predicted molar refractivity (Wildman–Crippen MR) is 250 cm³/mol. The molecule has 0 bridgehead atoms. The van der Waals surface area contributed by atoms with Crippen molar-refractivity contribution in [2.24, 2.45) is 5.41 Å². The molecule has 9 aromatic rings. The molecule has 0 saturated heterocycles. The molecule has 63 heavy (non-hydrogen) atoms. The number of nitrogens with zero attached hydrogens (tertiary/aromatic N) is 4. The van der Waals surface area contributed by atoms with Crippen LogP contribution in [0.1, 0.15) is 85.3 Å². The number of aromatic nitrogens is 3. The number of halogens is 2. The number of benzene rings is 7. The molecule has 0 aliphatic heterocycles. The average molecular weight is 1010 g/mol. The van der Waals surface area contributed by atoms with Crippen LogP contribution in [-0.2, 0) is 26.5 Å². The van der Waals surface area contributed by atoms with Crippen LogP contribution in [0.2, 0.25) is 0 Å². The Balaban J connectivity index is 0.000000242. The van der Waals surface area contributed by atoms with Gasteiger partial charge in [-0.25, -0.2) is 0 Å². The Bertz CT molecular complexity index is 3190. The number of hydrogen-bond donors (Lipinski definition) is 0. The molecule has 9 rings (SSSR count). The van der Waals surface area contributed by atoms with Crippen molar-refractivity contribution in [3.8, 4) is 45.5 Å². The van der Waals surface area contributed by atoms with Crippen LogP contribution in [0.3, 0.4) is 0 Å². The summed E-state index contributed by atoms with van der Waals surface area (Å²) in [5.74, 6) is 0.0296. The van der Waals surface area contributed by atoms with Gasteiger partial charge in [0.25, 0.3) is 0 Å². The number of fused-ring (bicyclic) bond motifs is 4. The smallest absolute Gasteiger partial charge is 0.0991 e. The third-order valence-electron chi connectivity index (χ3n) is 10.9. The standard InChI is InChI=1S/C40H32N3.C16H16F2N.Ir/c1-25(2)35-22-30(28-11-6-5-7-12-28)23-36(26(3)4)39(35)43-38-16-9-8-15-37(38)42-40(43)34-14-10-13-32-31-19-17-27(24-41)21-29(31)18-20-33(32)34;1-16(2,3)9-11-4-7-15(19-10-11)13-6-5-12(17)8-14(13)18;/h5-13,15-23,25-26H,1-4H3;4-5,7-8,10H,9H2,1-3H3;/q2*-1;/i;9D2;. The molecule has 0 amide bonds. The van der Waals surface area contributed by atoms with E-state index in [4.69, 9.17) is 7.73 Å². The van der Waals surface area contributed by atoms with Gasteiger partial charge in [0.15, 0.2) is 0 Å². The molecule has 2 aromatic heterocycles. The summed E-state index contributed by atoms with van der Waals surface area (Å²) in [5.41, 5.74) is 10.1. The maximum atomic E-state index is 13.7. The summed E-state index contributed by atoms with van der Waals surface area (Å²) < 4.78 is 45.2. The summed E-state index contributed by atoms with van der Waals surface area (Å²) in [4.78, 5) is 9.37. The van der Waals surface area contributed by atoms with E-state index in [-0.39, 0.29) is 25.7 Å². The maximum absolute atomic E-state index is 13.7. The Hall–Kier alpha value is -6.32. The fourth-order valence-corrected chi connectivity index (χ4v) is 8.02. The molecule has 0 fully saturated rings. The van der Waals surface area contributed by atoms with Gasteiger partial charge >= 0.3 is 0 Å². The molecular weight excluding hydrogens is 959 g/mol. The molecule has 1 radical (unpaired) electrons. The average Bonchev–Trinajstić information content (AvgIpc) is 3.67. The van der Waals surface area contributed by atoms with E-state index >= 15 is 0 Å². The van der Waals surface area contributed by atoms with Crippen molar-refractivity contribution >= 4 is 32.6 Å². The Morgan fingerprint density at radius 3 is 2.10 bits per heavy atom. The normalized spacial score (nSPS) is 12.2. The van der Waals surface area contributed by atoms with E-state index in [9.17, 15) is 14.0 Å².